The van der Waals surface area contributed by atoms with E-state index in [9.17, 15) is 14.7 Å². The molecule has 0 fully saturated rings. The van der Waals surface area contributed by atoms with E-state index in [1.165, 1.54) is 18.1 Å². The first kappa shape index (κ1) is 19.9. The Kier molecular flexibility index (Phi) is 5.38. The molecular formula is C23H32O4. The summed E-state index contributed by atoms with van der Waals surface area (Å²) in [5.41, 5.74) is 4.43. The average molecular weight is 373 g/mol. The molecule has 2 unspecified atom stereocenters. The molecule has 0 amide bonds. The lowest BCUT2D eigenvalue weighted by atomic mass is 9.58. The van der Waals surface area contributed by atoms with Gasteiger partial charge in [0.1, 0.15) is 6.10 Å². The maximum absolute atomic E-state index is 11.7. The first-order chi connectivity index (χ1) is 12.6. The van der Waals surface area contributed by atoms with Gasteiger partial charge in [-0.2, -0.15) is 0 Å². The van der Waals surface area contributed by atoms with Gasteiger partial charge in [-0.3, -0.25) is 4.79 Å². The van der Waals surface area contributed by atoms with Crippen molar-refractivity contribution in [1.29, 1.82) is 0 Å². The monoisotopic (exact) mass is 372 g/mol. The number of rotatable bonds is 3. The molecule has 4 atom stereocenters. The number of carbonyl (C=O) groups excluding carboxylic acids is 1. The second-order valence-electron chi connectivity index (χ2n) is 8.98. The van der Waals surface area contributed by atoms with Crippen molar-refractivity contribution in [3.05, 3.63) is 34.4 Å². The van der Waals surface area contributed by atoms with E-state index in [-0.39, 0.29) is 23.4 Å². The van der Waals surface area contributed by atoms with Gasteiger partial charge in [0.25, 0.3) is 0 Å². The van der Waals surface area contributed by atoms with Gasteiger partial charge in [-0.05, 0) is 61.9 Å². The fraction of sp³-hybridized carbons (Fsp3) is 0.652. The summed E-state index contributed by atoms with van der Waals surface area (Å²) in [7, 11) is 0. The summed E-state index contributed by atoms with van der Waals surface area (Å²) in [5.74, 6) is -0.0892. The van der Waals surface area contributed by atoms with Gasteiger partial charge in [0.15, 0.2) is 0 Å². The maximum Gasteiger partial charge on any atom is 0.331 e. The predicted molar refractivity (Wildman–Crippen MR) is 105 cm³/mol. The molecule has 0 aromatic carbocycles. The first-order valence-corrected chi connectivity index (χ1v) is 10.2. The Hall–Kier alpha value is -1.84. The van der Waals surface area contributed by atoms with Gasteiger partial charge in [0.2, 0.25) is 0 Å². The van der Waals surface area contributed by atoms with Crippen LogP contribution in [0.4, 0.5) is 0 Å². The largest absolute Gasteiger partial charge is 0.478 e. The fourth-order valence-electron chi connectivity index (χ4n) is 5.59. The van der Waals surface area contributed by atoms with Crippen LogP contribution in [0.3, 0.4) is 0 Å². The normalized spacial score (nSPS) is 33.5. The molecule has 27 heavy (non-hydrogen) atoms. The highest BCUT2D eigenvalue weighted by Crippen LogP contribution is 2.58. The lowest BCUT2D eigenvalue weighted by Gasteiger charge is -2.46. The van der Waals surface area contributed by atoms with Crippen molar-refractivity contribution in [2.45, 2.75) is 72.8 Å². The van der Waals surface area contributed by atoms with Crippen molar-refractivity contribution < 1.29 is 19.4 Å². The fourth-order valence-corrected chi connectivity index (χ4v) is 5.59. The van der Waals surface area contributed by atoms with Crippen molar-refractivity contribution in [2.75, 3.05) is 0 Å². The second kappa shape index (κ2) is 7.29. The van der Waals surface area contributed by atoms with E-state index in [1.807, 2.05) is 6.08 Å². The van der Waals surface area contributed by atoms with Crippen LogP contribution in [-0.4, -0.2) is 23.1 Å². The van der Waals surface area contributed by atoms with E-state index >= 15 is 0 Å². The molecule has 0 spiro atoms. The number of hydrogen-bond donors (Lipinski definition) is 1. The molecule has 148 valence electrons. The summed E-state index contributed by atoms with van der Waals surface area (Å²) in [6.07, 6.45) is 8.27. The second-order valence-corrected chi connectivity index (χ2v) is 8.98. The van der Waals surface area contributed by atoms with Gasteiger partial charge in [-0.15, -0.1) is 0 Å². The van der Waals surface area contributed by atoms with Crippen molar-refractivity contribution in [3.8, 4) is 0 Å². The van der Waals surface area contributed by atoms with Crippen LogP contribution < -0.4 is 0 Å². The van der Waals surface area contributed by atoms with Gasteiger partial charge < -0.3 is 9.84 Å². The molecule has 4 nitrogen and oxygen atoms in total. The number of carbonyl (C=O) groups is 2. The van der Waals surface area contributed by atoms with Crippen molar-refractivity contribution in [1.82, 2.24) is 0 Å². The van der Waals surface area contributed by atoms with E-state index in [0.717, 1.165) is 31.3 Å². The van der Waals surface area contributed by atoms with Crippen LogP contribution in [0.25, 0.3) is 0 Å². The zero-order valence-electron chi connectivity index (χ0n) is 17.2. The summed E-state index contributed by atoms with van der Waals surface area (Å²) in [5, 5.41) is 9.59. The highest BCUT2D eigenvalue weighted by Gasteiger charge is 2.49. The van der Waals surface area contributed by atoms with Crippen LogP contribution in [0, 0.1) is 23.2 Å². The molecule has 0 aromatic rings. The minimum absolute atomic E-state index is 0.00148. The SMILES string of the molecule is CC(=O)O[C@H]1CCC2C(C(C)C)=CC[C@@]2(C)C2C=C(C(=O)O)CCC2=C1C. The summed E-state index contributed by atoms with van der Waals surface area (Å²) < 4.78 is 5.69. The third-order valence-electron chi connectivity index (χ3n) is 7.05. The summed E-state index contributed by atoms with van der Waals surface area (Å²) >= 11 is 0. The Bertz CT molecular complexity index is 739. The van der Waals surface area contributed by atoms with Crippen LogP contribution in [0.15, 0.2) is 34.4 Å². The molecule has 0 bridgehead atoms. The van der Waals surface area contributed by atoms with Gasteiger partial charge in [-0.25, -0.2) is 4.79 Å². The van der Waals surface area contributed by atoms with Crippen LogP contribution >= 0.6 is 0 Å². The highest BCUT2D eigenvalue weighted by atomic mass is 16.5. The number of esters is 1. The van der Waals surface area contributed by atoms with Crippen LogP contribution in [0.5, 0.6) is 0 Å². The maximum atomic E-state index is 11.7. The predicted octanol–water partition coefficient (Wildman–Crippen LogP) is 5.06. The van der Waals surface area contributed by atoms with E-state index in [0.29, 0.717) is 23.8 Å². The summed E-state index contributed by atoms with van der Waals surface area (Å²) in [6, 6.07) is 0. The van der Waals surface area contributed by atoms with Crippen LogP contribution in [-0.2, 0) is 14.3 Å². The summed E-state index contributed by atoms with van der Waals surface area (Å²) in [6.45, 7) is 10.3. The van der Waals surface area contributed by atoms with E-state index < -0.39 is 5.97 Å². The molecule has 0 heterocycles. The molecule has 3 rings (SSSR count). The van der Waals surface area contributed by atoms with Crippen molar-refractivity contribution >= 4 is 11.9 Å². The number of carboxylic acid groups (broad SMARTS) is 1. The van der Waals surface area contributed by atoms with Crippen LogP contribution in [0.1, 0.15) is 66.7 Å². The molecule has 0 aliphatic heterocycles. The third kappa shape index (κ3) is 3.51. The molecule has 0 aromatic heterocycles. The van der Waals surface area contributed by atoms with Gasteiger partial charge >= 0.3 is 11.9 Å². The minimum Gasteiger partial charge on any atom is -0.478 e. The van der Waals surface area contributed by atoms with E-state index in [4.69, 9.17) is 4.74 Å². The zero-order chi connectivity index (χ0) is 19.9. The Morgan fingerprint density at radius 2 is 1.96 bits per heavy atom. The molecule has 3 aliphatic rings. The number of allylic oxidation sites excluding steroid dienone is 4. The lowest BCUT2D eigenvalue weighted by molar-refractivity contribution is -0.145. The minimum atomic E-state index is -0.805. The number of carboxylic acids is 1. The van der Waals surface area contributed by atoms with E-state index in [1.54, 1.807) is 0 Å². The van der Waals surface area contributed by atoms with Crippen molar-refractivity contribution in [3.63, 3.8) is 0 Å². The first-order valence-electron chi connectivity index (χ1n) is 10.2. The molecule has 0 radical (unpaired) electrons. The molecule has 3 aliphatic carbocycles. The van der Waals surface area contributed by atoms with Crippen LogP contribution in [0.2, 0.25) is 0 Å². The van der Waals surface area contributed by atoms with Crippen molar-refractivity contribution in [2.24, 2.45) is 23.2 Å². The molecule has 0 saturated carbocycles. The standard InChI is InChI=1S/C23H32O4/c1-13(2)17-10-11-23(5)19(17)8-9-21(27-15(4)24)14(3)18-7-6-16(22(25)26)12-20(18)23/h10,12-13,19-21H,6-9,11H2,1-5H3,(H,25,26)/t19?,20?,21-,23+/m0/s1. The molecular weight excluding hydrogens is 340 g/mol. The Balaban J connectivity index is 2.12. The number of ether oxygens (including phenoxy) is 1. The Morgan fingerprint density at radius 1 is 1.26 bits per heavy atom. The average Bonchev–Trinajstić information content (AvgIpc) is 2.94. The highest BCUT2D eigenvalue weighted by molar-refractivity contribution is 5.87. The van der Waals surface area contributed by atoms with Gasteiger partial charge in [-0.1, -0.05) is 44.1 Å². The third-order valence-corrected chi connectivity index (χ3v) is 7.05. The topological polar surface area (TPSA) is 63.6 Å². The zero-order valence-corrected chi connectivity index (χ0v) is 17.2. The van der Waals surface area contributed by atoms with Gasteiger partial charge in [0.05, 0.1) is 0 Å². The Morgan fingerprint density at radius 3 is 2.56 bits per heavy atom. The number of aliphatic carboxylic acids is 1. The van der Waals surface area contributed by atoms with Gasteiger partial charge in [0, 0.05) is 18.4 Å². The Labute approximate surface area is 162 Å². The lowest BCUT2D eigenvalue weighted by Crippen LogP contribution is -2.39. The number of fused-ring (bicyclic) bond motifs is 3. The molecule has 4 heteroatoms. The summed E-state index contributed by atoms with van der Waals surface area (Å²) in [4.78, 5) is 23.4. The molecule has 0 saturated heterocycles. The van der Waals surface area contributed by atoms with E-state index in [2.05, 4.69) is 33.8 Å². The smallest absolute Gasteiger partial charge is 0.331 e. The number of hydrogen-bond acceptors (Lipinski definition) is 3. The quantitative estimate of drug-likeness (QED) is 0.556. The molecule has 1 N–H and O–H groups in total.